The Hall–Kier alpha value is -2.99. The second-order valence-corrected chi connectivity index (χ2v) is 7.29. The molecule has 0 saturated carbocycles. The number of nitro groups is 1. The lowest BCUT2D eigenvalue weighted by Crippen LogP contribution is -2.21. The monoisotopic (exact) mass is 458 g/mol. The molecule has 0 atom stereocenters. The molecule has 162 valence electrons. The number of esters is 2. The summed E-state index contributed by atoms with van der Waals surface area (Å²) in [5.41, 5.74) is 0.597. The Morgan fingerprint density at radius 2 is 1.80 bits per heavy atom. The number of amides is 1. The predicted octanol–water partition coefficient (Wildman–Crippen LogP) is 3.12. The number of rotatable bonds is 8. The molecule has 2 aromatic heterocycles. The molecule has 1 amide bonds. The van der Waals surface area contributed by atoms with Crippen molar-refractivity contribution >= 4 is 51.6 Å². The van der Waals surface area contributed by atoms with Gasteiger partial charge >= 0.3 is 17.8 Å². The van der Waals surface area contributed by atoms with Crippen LogP contribution in [-0.2, 0) is 20.8 Å². The fraction of sp³-hybridized carbons (Fsp3) is 0.412. The highest BCUT2D eigenvalue weighted by atomic mass is 35.5. The lowest BCUT2D eigenvalue weighted by Gasteiger charge is -2.07. The van der Waals surface area contributed by atoms with E-state index in [1.807, 2.05) is 0 Å². The second-order valence-electron chi connectivity index (χ2n) is 5.89. The minimum Gasteiger partial charge on any atom is -0.462 e. The molecular formula is C17H19ClN4O7S. The summed E-state index contributed by atoms with van der Waals surface area (Å²) in [7, 11) is 0. The molecular weight excluding hydrogens is 440 g/mol. The first-order valence-electron chi connectivity index (χ1n) is 8.77. The van der Waals surface area contributed by atoms with Gasteiger partial charge in [-0.1, -0.05) is 11.6 Å². The van der Waals surface area contributed by atoms with E-state index >= 15 is 0 Å². The van der Waals surface area contributed by atoms with Gasteiger partial charge in [-0.05, 0) is 38.2 Å². The Balaban J connectivity index is 2.34. The van der Waals surface area contributed by atoms with Crippen LogP contribution in [0.1, 0.15) is 45.1 Å². The SMILES string of the molecule is CCOC(=O)c1sc(NC(=O)Cn2nc([N+](=O)[O-])c(Cl)c2C)c(C(=O)OCC)c1C. The minimum atomic E-state index is -0.753. The Labute approximate surface area is 180 Å². The van der Waals surface area contributed by atoms with Gasteiger partial charge in [0.05, 0.1) is 29.6 Å². The van der Waals surface area contributed by atoms with Crippen molar-refractivity contribution in [1.29, 1.82) is 0 Å². The van der Waals surface area contributed by atoms with Crippen molar-refractivity contribution in [1.82, 2.24) is 9.78 Å². The molecule has 0 unspecified atom stereocenters. The highest BCUT2D eigenvalue weighted by Crippen LogP contribution is 2.34. The van der Waals surface area contributed by atoms with E-state index in [1.54, 1.807) is 20.8 Å². The smallest absolute Gasteiger partial charge is 0.408 e. The normalized spacial score (nSPS) is 10.6. The summed E-state index contributed by atoms with van der Waals surface area (Å²) in [4.78, 5) is 47.4. The molecule has 0 saturated heterocycles. The lowest BCUT2D eigenvalue weighted by molar-refractivity contribution is -0.389. The molecule has 0 aliphatic carbocycles. The fourth-order valence-electron chi connectivity index (χ4n) is 2.52. The van der Waals surface area contributed by atoms with Crippen molar-refractivity contribution in [2.45, 2.75) is 34.2 Å². The summed E-state index contributed by atoms with van der Waals surface area (Å²) >= 11 is 6.75. The third-order valence-electron chi connectivity index (χ3n) is 3.92. The number of hydrogen-bond acceptors (Lipinski definition) is 9. The van der Waals surface area contributed by atoms with Gasteiger partial charge in [0, 0.05) is 0 Å². The van der Waals surface area contributed by atoms with Crippen molar-refractivity contribution < 1.29 is 28.8 Å². The van der Waals surface area contributed by atoms with Gasteiger partial charge < -0.3 is 24.9 Å². The van der Waals surface area contributed by atoms with Crippen LogP contribution >= 0.6 is 22.9 Å². The summed E-state index contributed by atoms with van der Waals surface area (Å²) < 4.78 is 11.1. The quantitative estimate of drug-likeness (QED) is 0.361. The Bertz CT molecular complexity index is 1010. The summed E-state index contributed by atoms with van der Waals surface area (Å²) in [5.74, 6) is -2.53. The van der Waals surface area contributed by atoms with Crippen LogP contribution in [0.25, 0.3) is 0 Å². The van der Waals surface area contributed by atoms with Crippen molar-refractivity contribution in [3.63, 3.8) is 0 Å². The number of aromatic nitrogens is 2. The van der Waals surface area contributed by atoms with Crippen LogP contribution in [0.2, 0.25) is 5.02 Å². The van der Waals surface area contributed by atoms with Gasteiger partial charge in [-0.15, -0.1) is 11.3 Å². The predicted molar refractivity (Wildman–Crippen MR) is 108 cm³/mol. The summed E-state index contributed by atoms with van der Waals surface area (Å²) in [6.07, 6.45) is 0. The van der Waals surface area contributed by atoms with Gasteiger partial charge in [0.25, 0.3) is 0 Å². The third-order valence-corrected chi connectivity index (χ3v) is 5.55. The van der Waals surface area contributed by atoms with Gasteiger partial charge in [-0.3, -0.25) is 4.79 Å². The van der Waals surface area contributed by atoms with Crippen molar-refractivity contribution in [3.05, 3.63) is 36.8 Å². The van der Waals surface area contributed by atoms with E-state index in [9.17, 15) is 24.5 Å². The maximum atomic E-state index is 12.5. The molecule has 2 aromatic rings. The first-order valence-corrected chi connectivity index (χ1v) is 9.96. The van der Waals surface area contributed by atoms with E-state index in [-0.39, 0.29) is 39.4 Å². The van der Waals surface area contributed by atoms with Crippen LogP contribution in [0.5, 0.6) is 0 Å². The van der Waals surface area contributed by atoms with Crippen molar-refractivity contribution in [2.24, 2.45) is 0 Å². The highest BCUT2D eigenvalue weighted by molar-refractivity contribution is 7.18. The van der Waals surface area contributed by atoms with E-state index in [1.165, 1.54) is 6.92 Å². The topological polar surface area (TPSA) is 143 Å². The van der Waals surface area contributed by atoms with Crippen LogP contribution < -0.4 is 5.32 Å². The number of carbonyl (C=O) groups excluding carboxylic acids is 3. The molecule has 13 heteroatoms. The molecule has 2 rings (SSSR count). The Kier molecular flexibility index (Phi) is 7.51. The zero-order valence-corrected chi connectivity index (χ0v) is 18.2. The van der Waals surface area contributed by atoms with Crippen LogP contribution in [0.15, 0.2) is 0 Å². The number of anilines is 1. The molecule has 0 aromatic carbocycles. The van der Waals surface area contributed by atoms with E-state index in [0.717, 1.165) is 16.0 Å². The first kappa shape index (κ1) is 23.3. The van der Waals surface area contributed by atoms with Gasteiger partial charge in [0.15, 0.2) is 5.02 Å². The number of hydrogen-bond donors (Lipinski definition) is 1. The van der Waals surface area contributed by atoms with Crippen LogP contribution in [0.3, 0.4) is 0 Å². The average molecular weight is 459 g/mol. The van der Waals surface area contributed by atoms with E-state index < -0.39 is 35.1 Å². The molecule has 0 aliphatic rings. The third kappa shape index (κ3) is 4.76. The molecule has 0 fully saturated rings. The van der Waals surface area contributed by atoms with Crippen LogP contribution in [0, 0.1) is 24.0 Å². The number of nitrogens with zero attached hydrogens (tertiary/aromatic N) is 3. The average Bonchev–Trinajstić information content (AvgIpc) is 3.13. The molecule has 11 nitrogen and oxygen atoms in total. The number of ether oxygens (including phenoxy) is 2. The first-order chi connectivity index (χ1) is 14.1. The lowest BCUT2D eigenvalue weighted by atomic mass is 10.1. The summed E-state index contributed by atoms with van der Waals surface area (Å²) in [6.45, 7) is 6.15. The standard InChI is InChI=1S/C17H19ClN4O7S/c1-5-28-16(24)11-8(3)13(17(25)29-6-2)30-15(11)19-10(23)7-21-9(4)12(18)14(20-21)22(26)27/h5-7H2,1-4H3,(H,19,23). The number of thiophene rings is 1. The largest absolute Gasteiger partial charge is 0.462 e. The van der Waals surface area contributed by atoms with Crippen molar-refractivity contribution in [3.8, 4) is 0 Å². The fourth-order valence-corrected chi connectivity index (χ4v) is 3.83. The summed E-state index contributed by atoms with van der Waals surface area (Å²) in [6, 6.07) is 0. The molecule has 30 heavy (non-hydrogen) atoms. The number of nitrogens with one attached hydrogen (secondary N) is 1. The maximum Gasteiger partial charge on any atom is 0.408 e. The molecule has 0 aliphatic heterocycles. The van der Waals surface area contributed by atoms with Gasteiger partial charge in [0.1, 0.15) is 16.4 Å². The van der Waals surface area contributed by atoms with Gasteiger partial charge in [-0.2, -0.15) is 4.68 Å². The highest BCUT2D eigenvalue weighted by Gasteiger charge is 2.29. The summed E-state index contributed by atoms with van der Waals surface area (Å²) in [5, 5.41) is 17.1. The molecule has 0 bridgehead atoms. The number of carbonyl (C=O) groups is 3. The number of halogens is 1. The Morgan fingerprint density at radius 3 is 2.33 bits per heavy atom. The van der Waals surface area contributed by atoms with E-state index in [0.29, 0.717) is 5.56 Å². The van der Waals surface area contributed by atoms with E-state index in [4.69, 9.17) is 21.1 Å². The molecule has 1 N–H and O–H groups in total. The second kappa shape index (κ2) is 9.67. The van der Waals surface area contributed by atoms with Crippen molar-refractivity contribution in [2.75, 3.05) is 18.5 Å². The Morgan fingerprint density at radius 1 is 1.20 bits per heavy atom. The van der Waals surface area contributed by atoms with E-state index in [2.05, 4.69) is 10.4 Å². The minimum absolute atomic E-state index is 0.0412. The maximum absolute atomic E-state index is 12.5. The van der Waals surface area contributed by atoms with Gasteiger partial charge in [-0.25, -0.2) is 9.59 Å². The zero-order chi connectivity index (χ0) is 22.6. The van der Waals surface area contributed by atoms with Gasteiger partial charge in [0.2, 0.25) is 5.91 Å². The molecule has 2 heterocycles. The zero-order valence-electron chi connectivity index (χ0n) is 16.6. The molecule has 0 radical (unpaired) electrons. The van der Waals surface area contributed by atoms with Crippen LogP contribution in [-0.4, -0.2) is 45.8 Å². The molecule has 0 spiro atoms. The van der Waals surface area contributed by atoms with Crippen LogP contribution in [0.4, 0.5) is 10.8 Å².